The van der Waals surface area contributed by atoms with Crippen LogP contribution in [0.1, 0.15) is 5.56 Å². The zero-order valence-corrected chi connectivity index (χ0v) is 27.1. The molecule has 0 nitrogen and oxygen atoms in total. The van der Waals surface area contributed by atoms with E-state index < -0.39 is 0 Å². The summed E-state index contributed by atoms with van der Waals surface area (Å²) < 4.78 is 0. The topological polar surface area (TPSA) is 0 Å². The molecule has 0 unspecified atom stereocenters. The molecule has 10 aromatic carbocycles. The zero-order chi connectivity index (χ0) is 32.2. The summed E-state index contributed by atoms with van der Waals surface area (Å²) in [6.07, 6.45) is 0. The third kappa shape index (κ3) is 3.53. The van der Waals surface area contributed by atoms with Gasteiger partial charge in [0.2, 0.25) is 0 Å². The number of rotatable bonds is 3. The molecule has 0 atom stereocenters. The molecule has 0 aromatic heterocycles. The van der Waals surface area contributed by atoms with E-state index in [0.29, 0.717) is 0 Å². The highest BCUT2D eigenvalue weighted by Gasteiger charge is 2.32. The van der Waals surface area contributed by atoms with Gasteiger partial charge >= 0.3 is 0 Å². The van der Waals surface area contributed by atoms with Crippen molar-refractivity contribution in [2.75, 3.05) is 0 Å². The van der Waals surface area contributed by atoms with E-state index in [1.165, 1.54) is 115 Å². The van der Waals surface area contributed by atoms with Crippen LogP contribution in [0, 0.1) is 6.92 Å². The van der Waals surface area contributed by atoms with Gasteiger partial charge in [-0.15, -0.1) is 0 Å². The first kappa shape index (κ1) is 26.8. The SMILES string of the molecule is Cc1ccc2c3c4c(c(-c5ccccc5)c5c(-c6ccccc6)ccc(c6cccc1c62)c53)-c1ccc(-c2ccccc2)c2cccc-4c12. The number of hydrogen-bond acceptors (Lipinski definition) is 0. The maximum Gasteiger partial charge on any atom is -0.000696 e. The molecule has 0 saturated carbocycles. The highest BCUT2D eigenvalue weighted by atomic mass is 14.3. The van der Waals surface area contributed by atoms with E-state index in [2.05, 4.69) is 171 Å². The molecule has 0 heterocycles. The number of benzene rings is 10. The first-order valence-electron chi connectivity index (χ1n) is 17.2. The van der Waals surface area contributed by atoms with Crippen molar-refractivity contribution in [3.05, 3.63) is 169 Å². The number of hydrogen-bond donors (Lipinski definition) is 0. The van der Waals surface area contributed by atoms with Crippen molar-refractivity contribution in [3.8, 4) is 55.6 Å². The number of aryl methyl sites for hydroxylation is 1. The van der Waals surface area contributed by atoms with Crippen molar-refractivity contribution < 1.29 is 0 Å². The summed E-state index contributed by atoms with van der Waals surface area (Å²) in [4.78, 5) is 0. The van der Waals surface area contributed by atoms with E-state index in [9.17, 15) is 0 Å². The first-order valence-corrected chi connectivity index (χ1v) is 17.2. The first-order chi connectivity index (χ1) is 24.3. The second-order valence-corrected chi connectivity index (χ2v) is 13.6. The summed E-state index contributed by atoms with van der Waals surface area (Å²) in [5, 5.41) is 13.4. The predicted octanol–water partition coefficient (Wildman–Crippen LogP) is 13.8. The lowest BCUT2D eigenvalue weighted by Crippen LogP contribution is -1.96. The van der Waals surface area contributed by atoms with Gasteiger partial charge in [-0.3, -0.25) is 0 Å². The van der Waals surface area contributed by atoms with Crippen LogP contribution in [-0.4, -0.2) is 0 Å². The molecule has 0 N–H and O–H groups in total. The lowest BCUT2D eigenvalue weighted by atomic mass is 9.78. The van der Waals surface area contributed by atoms with Gasteiger partial charge in [-0.1, -0.05) is 164 Å². The Morgan fingerprint density at radius 2 is 0.796 bits per heavy atom. The van der Waals surface area contributed by atoms with Crippen LogP contribution >= 0.6 is 0 Å². The minimum absolute atomic E-state index is 1.24. The standard InChI is InChI=1S/C49H30/c1-29-23-24-40-43-33(29)19-11-21-37(43)38-27-26-35(31-15-7-3-8-16-31)45-42(32-17-9-4-10-18-32)47-41-28-25-34(30-13-5-2-6-14-30)36-20-12-22-39(44(36)41)48(47)49(40)46(38)45/h2-28H,1H3. The Morgan fingerprint density at radius 3 is 1.55 bits per heavy atom. The summed E-state index contributed by atoms with van der Waals surface area (Å²) >= 11 is 0. The monoisotopic (exact) mass is 618 g/mol. The Balaban J connectivity index is 1.45. The van der Waals surface area contributed by atoms with Gasteiger partial charge in [0.15, 0.2) is 0 Å². The molecule has 11 rings (SSSR count). The molecular weight excluding hydrogens is 589 g/mol. The van der Waals surface area contributed by atoms with Gasteiger partial charge in [-0.25, -0.2) is 0 Å². The molecule has 1 aliphatic carbocycles. The normalized spacial score (nSPS) is 12.2. The minimum Gasteiger partial charge on any atom is -0.0622 e. The van der Waals surface area contributed by atoms with Crippen LogP contribution in [0.15, 0.2) is 164 Å². The average Bonchev–Trinajstić information content (AvgIpc) is 3.50. The highest BCUT2D eigenvalue weighted by molar-refractivity contribution is 6.42. The minimum atomic E-state index is 1.24. The summed E-state index contributed by atoms with van der Waals surface area (Å²) in [6.45, 7) is 2.25. The third-order valence-corrected chi connectivity index (χ3v) is 11.1. The van der Waals surface area contributed by atoms with Crippen molar-refractivity contribution in [3.63, 3.8) is 0 Å². The van der Waals surface area contributed by atoms with Crippen LogP contribution in [0.2, 0.25) is 0 Å². The zero-order valence-electron chi connectivity index (χ0n) is 27.1. The van der Waals surface area contributed by atoms with E-state index in [1.807, 2.05) is 0 Å². The third-order valence-electron chi connectivity index (χ3n) is 11.1. The van der Waals surface area contributed by atoms with Crippen molar-refractivity contribution in [1.29, 1.82) is 0 Å². The molecule has 0 saturated heterocycles. The molecule has 0 spiro atoms. The molecule has 0 fully saturated rings. The van der Waals surface area contributed by atoms with E-state index in [0.717, 1.165) is 0 Å². The summed E-state index contributed by atoms with van der Waals surface area (Å²) in [6, 6.07) is 61.0. The van der Waals surface area contributed by atoms with Gasteiger partial charge < -0.3 is 0 Å². The Bertz CT molecular complexity index is 2950. The van der Waals surface area contributed by atoms with Crippen molar-refractivity contribution in [2.24, 2.45) is 0 Å². The van der Waals surface area contributed by atoms with Crippen LogP contribution < -0.4 is 0 Å². The molecular formula is C49H30. The average molecular weight is 619 g/mol. The van der Waals surface area contributed by atoms with Crippen LogP contribution in [0.25, 0.3) is 109 Å². The van der Waals surface area contributed by atoms with E-state index in [4.69, 9.17) is 0 Å². The van der Waals surface area contributed by atoms with Crippen molar-refractivity contribution in [2.45, 2.75) is 6.92 Å². The van der Waals surface area contributed by atoms with E-state index >= 15 is 0 Å². The Labute approximate surface area is 284 Å². The second-order valence-electron chi connectivity index (χ2n) is 13.6. The fourth-order valence-corrected chi connectivity index (χ4v) is 9.08. The Hall–Kier alpha value is -6.24. The van der Waals surface area contributed by atoms with Gasteiger partial charge in [0.1, 0.15) is 0 Å². The molecule has 0 aliphatic heterocycles. The molecule has 10 aromatic rings. The number of fused-ring (bicyclic) bond motifs is 6. The Morgan fingerprint density at radius 1 is 0.245 bits per heavy atom. The van der Waals surface area contributed by atoms with Crippen molar-refractivity contribution in [1.82, 2.24) is 0 Å². The maximum absolute atomic E-state index is 2.40. The van der Waals surface area contributed by atoms with E-state index in [1.54, 1.807) is 0 Å². The maximum atomic E-state index is 2.40. The van der Waals surface area contributed by atoms with Gasteiger partial charge in [0.25, 0.3) is 0 Å². The smallest absolute Gasteiger partial charge is 0.000696 e. The highest BCUT2D eigenvalue weighted by Crippen LogP contribution is 2.60. The predicted molar refractivity (Wildman–Crippen MR) is 211 cm³/mol. The molecule has 49 heavy (non-hydrogen) atoms. The van der Waals surface area contributed by atoms with Crippen LogP contribution in [0.3, 0.4) is 0 Å². The van der Waals surface area contributed by atoms with Crippen LogP contribution in [0.5, 0.6) is 0 Å². The summed E-state index contributed by atoms with van der Waals surface area (Å²) in [5.41, 5.74) is 14.3. The van der Waals surface area contributed by atoms with Gasteiger partial charge in [0.05, 0.1) is 0 Å². The lowest BCUT2D eigenvalue weighted by Gasteiger charge is -2.24. The molecule has 0 radical (unpaired) electrons. The fourth-order valence-electron chi connectivity index (χ4n) is 9.08. The van der Waals surface area contributed by atoms with Crippen LogP contribution in [-0.2, 0) is 0 Å². The van der Waals surface area contributed by atoms with Gasteiger partial charge in [0, 0.05) is 0 Å². The molecule has 0 heteroatoms. The van der Waals surface area contributed by atoms with Gasteiger partial charge in [-0.2, -0.15) is 0 Å². The van der Waals surface area contributed by atoms with Crippen LogP contribution in [0.4, 0.5) is 0 Å². The molecule has 1 aliphatic rings. The molecule has 0 bridgehead atoms. The fraction of sp³-hybridized carbons (Fsp3) is 0.0204. The van der Waals surface area contributed by atoms with E-state index in [-0.39, 0.29) is 0 Å². The lowest BCUT2D eigenvalue weighted by molar-refractivity contribution is 1.55. The quantitative estimate of drug-likeness (QED) is 0.136. The Kier molecular flexibility index (Phi) is 5.41. The largest absolute Gasteiger partial charge is 0.0622 e. The van der Waals surface area contributed by atoms with Gasteiger partial charge in [-0.05, 0) is 122 Å². The summed E-state index contributed by atoms with van der Waals surface area (Å²) in [5.74, 6) is 0. The second kappa shape index (κ2) is 9.89. The molecule has 226 valence electrons. The molecule has 0 amide bonds. The summed E-state index contributed by atoms with van der Waals surface area (Å²) in [7, 11) is 0. The van der Waals surface area contributed by atoms with Crippen molar-refractivity contribution >= 4 is 53.9 Å².